The Balaban J connectivity index is 1.57. The van der Waals surface area contributed by atoms with Gasteiger partial charge in [-0.2, -0.15) is 0 Å². The van der Waals surface area contributed by atoms with Gasteiger partial charge < -0.3 is 4.74 Å². The van der Waals surface area contributed by atoms with E-state index in [1.807, 2.05) is 19.1 Å². The van der Waals surface area contributed by atoms with Gasteiger partial charge in [0, 0.05) is 33.2 Å². The summed E-state index contributed by atoms with van der Waals surface area (Å²) in [5, 5.41) is 3.35. The molecule has 154 valence electrons. The predicted molar refractivity (Wildman–Crippen MR) is 126 cm³/mol. The lowest BCUT2D eigenvalue weighted by atomic mass is 9.95. The molecule has 0 N–H and O–H groups in total. The standard InChI is InChI=1S/C22H19Cl2N3OS2/c1-11-25-18-15-6-13-9-28-22(2,3)8-17(13)27-20(15)30-19(18)21(26-11)29-10-12-4-5-14(23)7-16(12)24/h4-7H,8-10H2,1-3H3. The maximum absolute atomic E-state index is 6.36. The van der Waals surface area contributed by atoms with Crippen LogP contribution in [0.1, 0.15) is 36.5 Å². The Hall–Kier alpha value is -1.44. The number of nitrogens with zero attached hydrogens (tertiary/aromatic N) is 3. The maximum Gasteiger partial charge on any atom is 0.127 e. The van der Waals surface area contributed by atoms with E-state index >= 15 is 0 Å². The van der Waals surface area contributed by atoms with Crippen LogP contribution in [0.25, 0.3) is 20.4 Å². The van der Waals surface area contributed by atoms with Crippen molar-refractivity contribution in [3.05, 3.63) is 57.0 Å². The van der Waals surface area contributed by atoms with Crippen molar-refractivity contribution in [2.45, 2.75) is 50.2 Å². The first-order valence-electron chi connectivity index (χ1n) is 9.59. The number of thioether (sulfide) groups is 1. The largest absolute Gasteiger partial charge is 0.370 e. The minimum atomic E-state index is -0.181. The molecule has 0 radical (unpaired) electrons. The minimum Gasteiger partial charge on any atom is -0.370 e. The Labute approximate surface area is 193 Å². The van der Waals surface area contributed by atoms with Crippen molar-refractivity contribution >= 4 is 66.7 Å². The zero-order valence-electron chi connectivity index (χ0n) is 16.8. The monoisotopic (exact) mass is 475 g/mol. The third-order valence-electron chi connectivity index (χ3n) is 5.15. The molecule has 0 fully saturated rings. The third-order valence-corrected chi connectivity index (χ3v) is 7.98. The normalized spacial score (nSPS) is 15.6. The number of aromatic nitrogens is 3. The van der Waals surface area contributed by atoms with E-state index in [-0.39, 0.29) is 5.60 Å². The molecule has 30 heavy (non-hydrogen) atoms. The van der Waals surface area contributed by atoms with E-state index in [1.54, 1.807) is 29.2 Å². The summed E-state index contributed by atoms with van der Waals surface area (Å²) in [6, 6.07) is 7.80. The molecule has 1 aromatic carbocycles. The first-order chi connectivity index (χ1) is 14.3. The maximum atomic E-state index is 6.36. The van der Waals surface area contributed by atoms with E-state index in [1.165, 1.54) is 0 Å². The molecular weight excluding hydrogens is 457 g/mol. The van der Waals surface area contributed by atoms with E-state index in [9.17, 15) is 0 Å². The third kappa shape index (κ3) is 3.80. The van der Waals surface area contributed by atoms with Gasteiger partial charge in [0.25, 0.3) is 0 Å². The van der Waals surface area contributed by atoms with Crippen LogP contribution in [0.15, 0.2) is 29.3 Å². The molecular formula is C22H19Cl2N3OS2. The Bertz CT molecular complexity index is 1300. The van der Waals surface area contributed by atoms with Crippen molar-refractivity contribution in [2.24, 2.45) is 0 Å². The van der Waals surface area contributed by atoms with Crippen LogP contribution < -0.4 is 0 Å². The second kappa shape index (κ2) is 7.61. The lowest BCUT2D eigenvalue weighted by Crippen LogP contribution is -2.32. The Kier molecular flexibility index (Phi) is 5.19. The fourth-order valence-electron chi connectivity index (χ4n) is 3.62. The Morgan fingerprint density at radius 3 is 2.80 bits per heavy atom. The zero-order valence-corrected chi connectivity index (χ0v) is 19.9. The number of pyridine rings is 1. The summed E-state index contributed by atoms with van der Waals surface area (Å²) in [7, 11) is 0. The summed E-state index contributed by atoms with van der Waals surface area (Å²) in [6.07, 6.45) is 0.813. The molecule has 4 heterocycles. The number of hydrogen-bond acceptors (Lipinski definition) is 6. The molecule has 0 aliphatic carbocycles. The summed E-state index contributed by atoms with van der Waals surface area (Å²) < 4.78 is 7.06. The predicted octanol–water partition coefficient (Wildman–Crippen LogP) is 7.00. The van der Waals surface area contributed by atoms with Crippen LogP contribution in [0.2, 0.25) is 10.0 Å². The van der Waals surface area contributed by atoms with E-state index in [2.05, 4.69) is 19.9 Å². The second-order valence-corrected chi connectivity index (χ2v) is 10.9. The molecule has 4 nitrogen and oxygen atoms in total. The van der Waals surface area contributed by atoms with Gasteiger partial charge in [0.2, 0.25) is 0 Å². The van der Waals surface area contributed by atoms with Gasteiger partial charge in [-0.15, -0.1) is 23.1 Å². The fourth-order valence-corrected chi connectivity index (χ4v) is 6.44. The quantitative estimate of drug-likeness (QED) is 0.235. The minimum absolute atomic E-state index is 0.181. The van der Waals surface area contributed by atoms with Crippen molar-refractivity contribution in [1.82, 2.24) is 15.0 Å². The smallest absolute Gasteiger partial charge is 0.127 e. The molecule has 4 aromatic rings. The van der Waals surface area contributed by atoms with Gasteiger partial charge in [0.1, 0.15) is 15.7 Å². The second-order valence-electron chi connectivity index (χ2n) is 8.05. The summed E-state index contributed by atoms with van der Waals surface area (Å²) >= 11 is 15.7. The number of aryl methyl sites for hydroxylation is 1. The summed E-state index contributed by atoms with van der Waals surface area (Å²) in [6.45, 7) is 6.74. The van der Waals surface area contributed by atoms with Crippen molar-refractivity contribution in [2.75, 3.05) is 0 Å². The van der Waals surface area contributed by atoms with Gasteiger partial charge in [-0.1, -0.05) is 29.3 Å². The molecule has 0 atom stereocenters. The zero-order chi connectivity index (χ0) is 21.0. The van der Waals surface area contributed by atoms with Gasteiger partial charge in [0.15, 0.2) is 0 Å². The Morgan fingerprint density at radius 2 is 2.00 bits per heavy atom. The van der Waals surface area contributed by atoms with E-state index in [4.69, 9.17) is 42.9 Å². The molecule has 5 rings (SSSR count). The highest BCUT2D eigenvalue weighted by atomic mass is 35.5. The molecule has 3 aromatic heterocycles. The first kappa shape index (κ1) is 20.5. The lowest BCUT2D eigenvalue weighted by Gasteiger charge is -2.30. The average Bonchev–Trinajstić information content (AvgIpc) is 3.02. The van der Waals surface area contributed by atoms with E-state index in [0.29, 0.717) is 22.4 Å². The van der Waals surface area contributed by atoms with E-state index < -0.39 is 0 Å². The van der Waals surface area contributed by atoms with Crippen LogP contribution in [-0.2, 0) is 23.5 Å². The van der Waals surface area contributed by atoms with Gasteiger partial charge in [-0.05, 0) is 44.5 Å². The van der Waals surface area contributed by atoms with Crippen LogP contribution in [0, 0.1) is 6.92 Å². The van der Waals surface area contributed by atoms with Crippen molar-refractivity contribution in [1.29, 1.82) is 0 Å². The van der Waals surface area contributed by atoms with Crippen molar-refractivity contribution < 1.29 is 4.74 Å². The Morgan fingerprint density at radius 1 is 1.17 bits per heavy atom. The molecule has 0 amide bonds. The van der Waals surface area contributed by atoms with Gasteiger partial charge >= 0.3 is 0 Å². The first-order valence-corrected chi connectivity index (χ1v) is 12.2. The highest BCUT2D eigenvalue weighted by molar-refractivity contribution is 7.98. The number of benzene rings is 1. The molecule has 0 saturated heterocycles. The molecule has 0 saturated carbocycles. The van der Waals surface area contributed by atoms with Gasteiger partial charge in [-0.25, -0.2) is 15.0 Å². The fraction of sp³-hybridized carbons (Fsp3) is 0.318. The number of halogens is 2. The topological polar surface area (TPSA) is 47.9 Å². The summed E-state index contributed by atoms with van der Waals surface area (Å²) in [5.41, 5.74) is 4.09. The van der Waals surface area contributed by atoms with Gasteiger partial charge in [0.05, 0.1) is 28.1 Å². The number of rotatable bonds is 3. The average molecular weight is 476 g/mol. The van der Waals surface area contributed by atoms with Crippen molar-refractivity contribution in [3.8, 4) is 0 Å². The van der Waals surface area contributed by atoms with Crippen LogP contribution >= 0.6 is 46.3 Å². The molecule has 0 bridgehead atoms. The molecule has 0 unspecified atom stereocenters. The number of fused-ring (bicyclic) bond motifs is 4. The molecule has 0 spiro atoms. The number of ether oxygens (including phenoxy) is 1. The molecule has 1 aliphatic rings. The number of hydrogen-bond donors (Lipinski definition) is 0. The molecule has 8 heteroatoms. The van der Waals surface area contributed by atoms with Gasteiger partial charge in [-0.3, -0.25) is 0 Å². The SMILES string of the molecule is Cc1nc(SCc2ccc(Cl)cc2Cl)c2sc3nc4c(cc3c2n1)COC(C)(C)C4. The van der Waals surface area contributed by atoms with Crippen LogP contribution in [0.5, 0.6) is 0 Å². The molecule has 1 aliphatic heterocycles. The van der Waals surface area contributed by atoms with Crippen LogP contribution in [0.3, 0.4) is 0 Å². The lowest BCUT2D eigenvalue weighted by molar-refractivity contribution is -0.0411. The summed E-state index contributed by atoms with van der Waals surface area (Å²) in [4.78, 5) is 15.5. The van der Waals surface area contributed by atoms with Crippen LogP contribution in [-0.4, -0.2) is 20.6 Å². The van der Waals surface area contributed by atoms with Crippen LogP contribution in [0.4, 0.5) is 0 Å². The van der Waals surface area contributed by atoms with E-state index in [0.717, 1.165) is 54.5 Å². The number of thiophene rings is 1. The highest BCUT2D eigenvalue weighted by Gasteiger charge is 2.28. The summed E-state index contributed by atoms with van der Waals surface area (Å²) in [5.74, 6) is 1.46. The highest BCUT2D eigenvalue weighted by Crippen LogP contribution is 2.40. The van der Waals surface area contributed by atoms with Crippen molar-refractivity contribution in [3.63, 3.8) is 0 Å².